The van der Waals surface area contributed by atoms with Crippen molar-refractivity contribution in [1.82, 2.24) is 4.90 Å². The van der Waals surface area contributed by atoms with E-state index in [1.165, 1.54) is 33.9 Å². The molecule has 35 heavy (non-hydrogen) atoms. The molecule has 2 aliphatic heterocycles. The molecule has 1 aromatic carbocycles. The molecule has 0 radical (unpaired) electrons. The topological polar surface area (TPSA) is 54.4 Å². The van der Waals surface area contributed by atoms with E-state index in [0.29, 0.717) is 24.8 Å². The van der Waals surface area contributed by atoms with Gasteiger partial charge in [-0.05, 0) is 79.1 Å². The highest BCUT2D eigenvalue weighted by Gasteiger charge is 2.29. The SMILES string of the molecule is CCN(CC)c1ccc(C=C2CCC(C=C3N=C(c4cccs4)OC3=O)=C2N2CCOCC2)cc1. The Balaban J connectivity index is 1.48. The molecule has 3 aliphatic rings. The summed E-state index contributed by atoms with van der Waals surface area (Å²) in [5.74, 6) is 0.0125. The Hall–Kier alpha value is -3.16. The van der Waals surface area contributed by atoms with Gasteiger partial charge >= 0.3 is 5.97 Å². The van der Waals surface area contributed by atoms with E-state index in [9.17, 15) is 4.79 Å². The van der Waals surface area contributed by atoms with Gasteiger partial charge in [-0.3, -0.25) is 0 Å². The number of carbonyl (C=O) groups is 1. The zero-order valence-electron chi connectivity index (χ0n) is 20.3. The van der Waals surface area contributed by atoms with Crippen LogP contribution in [0.25, 0.3) is 6.08 Å². The predicted molar refractivity (Wildman–Crippen MR) is 142 cm³/mol. The van der Waals surface area contributed by atoms with Crippen LogP contribution in [-0.2, 0) is 14.3 Å². The number of nitrogens with zero attached hydrogens (tertiary/aromatic N) is 3. The molecule has 0 spiro atoms. The second-order valence-corrected chi connectivity index (χ2v) is 9.67. The van der Waals surface area contributed by atoms with Crippen LogP contribution in [0, 0.1) is 0 Å². The highest BCUT2D eigenvalue weighted by molar-refractivity contribution is 7.12. The van der Waals surface area contributed by atoms with Crippen LogP contribution in [0.2, 0.25) is 0 Å². The lowest BCUT2D eigenvalue weighted by atomic mass is 10.1. The third kappa shape index (κ3) is 5.11. The summed E-state index contributed by atoms with van der Waals surface area (Å²) in [6.45, 7) is 9.46. The first-order valence-electron chi connectivity index (χ1n) is 12.3. The summed E-state index contributed by atoms with van der Waals surface area (Å²) in [5.41, 5.74) is 6.45. The van der Waals surface area contributed by atoms with Crippen molar-refractivity contribution in [3.8, 4) is 0 Å². The average molecular weight is 490 g/mol. The van der Waals surface area contributed by atoms with Crippen molar-refractivity contribution >= 4 is 35.0 Å². The van der Waals surface area contributed by atoms with E-state index in [4.69, 9.17) is 9.47 Å². The number of hydrogen-bond donors (Lipinski definition) is 0. The van der Waals surface area contributed by atoms with Gasteiger partial charge in [0.25, 0.3) is 0 Å². The Morgan fingerprint density at radius 1 is 1.06 bits per heavy atom. The normalized spacial score (nSPS) is 20.7. The third-order valence-corrected chi connectivity index (χ3v) is 7.48. The number of rotatable bonds is 7. The number of thiophene rings is 1. The van der Waals surface area contributed by atoms with Crippen molar-refractivity contribution in [3.05, 3.63) is 80.8 Å². The molecule has 6 nitrogen and oxygen atoms in total. The van der Waals surface area contributed by atoms with Gasteiger partial charge in [-0.2, -0.15) is 0 Å². The summed E-state index contributed by atoms with van der Waals surface area (Å²) in [5, 5.41) is 1.95. The van der Waals surface area contributed by atoms with Crippen LogP contribution in [-0.4, -0.2) is 56.2 Å². The van der Waals surface area contributed by atoms with Gasteiger partial charge in [-0.15, -0.1) is 11.3 Å². The Labute approximate surface area is 210 Å². The van der Waals surface area contributed by atoms with E-state index in [0.717, 1.165) is 49.5 Å². The number of aliphatic imine (C=N–C) groups is 1. The molecule has 0 saturated carbocycles. The molecule has 0 unspecified atom stereocenters. The second kappa shape index (κ2) is 10.6. The van der Waals surface area contributed by atoms with Gasteiger partial charge in [0.2, 0.25) is 5.90 Å². The van der Waals surface area contributed by atoms with Crippen LogP contribution in [0.5, 0.6) is 0 Å². The fraction of sp³-hybridized carbons (Fsp3) is 0.357. The molecular formula is C28H31N3O3S. The molecule has 3 heterocycles. The molecule has 7 heteroatoms. The zero-order chi connectivity index (χ0) is 24.2. The minimum atomic E-state index is -0.383. The number of anilines is 1. The fourth-order valence-corrected chi connectivity index (χ4v) is 5.49. The summed E-state index contributed by atoms with van der Waals surface area (Å²) in [4.78, 5) is 22.7. The molecule has 1 saturated heterocycles. The monoisotopic (exact) mass is 489 g/mol. The van der Waals surface area contributed by atoms with E-state index in [2.05, 4.69) is 59.0 Å². The molecule has 0 bridgehead atoms. The number of allylic oxidation sites excluding steroid dienone is 3. The first-order chi connectivity index (χ1) is 17.2. The van der Waals surface area contributed by atoms with Crippen LogP contribution < -0.4 is 4.90 Å². The lowest BCUT2D eigenvalue weighted by molar-refractivity contribution is -0.130. The molecule has 2 aromatic rings. The van der Waals surface area contributed by atoms with Crippen LogP contribution in [0.3, 0.4) is 0 Å². The molecule has 0 amide bonds. The molecule has 1 aromatic heterocycles. The number of esters is 1. The minimum absolute atomic E-state index is 0.374. The molecule has 0 atom stereocenters. The maximum Gasteiger partial charge on any atom is 0.363 e. The van der Waals surface area contributed by atoms with Gasteiger partial charge in [-0.1, -0.05) is 18.2 Å². The summed E-state index contributed by atoms with van der Waals surface area (Å²) >= 11 is 1.52. The van der Waals surface area contributed by atoms with Gasteiger partial charge in [0.1, 0.15) is 0 Å². The third-order valence-electron chi connectivity index (χ3n) is 6.63. The van der Waals surface area contributed by atoms with E-state index in [1.807, 2.05) is 23.6 Å². The lowest BCUT2D eigenvalue weighted by Gasteiger charge is -2.31. The summed E-state index contributed by atoms with van der Waals surface area (Å²) in [6.07, 6.45) is 6.02. The predicted octanol–water partition coefficient (Wildman–Crippen LogP) is 5.25. The minimum Gasteiger partial charge on any atom is -0.401 e. The second-order valence-electron chi connectivity index (χ2n) is 8.72. The van der Waals surface area contributed by atoms with E-state index < -0.39 is 0 Å². The lowest BCUT2D eigenvalue weighted by Crippen LogP contribution is -2.36. The van der Waals surface area contributed by atoms with Crippen molar-refractivity contribution in [2.75, 3.05) is 44.3 Å². The van der Waals surface area contributed by atoms with Crippen molar-refractivity contribution in [2.24, 2.45) is 4.99 Å². The first kappa shape index (κ1) is 23.6. The quantitative estimate of drug-likeness (QED) is 0.393. The van der Waals surface area contributed by atoms with E-state index >= 15 is 0 Å². The fourth-order valence-electron chi connectivity index (χ4n) is 4.84. The Morgan fingerprint density at radius 2 is 1.83 bits per heavy atom. The smallest absolute Gasteiger partial charge is 0.363 e. The van der Waals surface area contributed by atoms with E-state index in [-0.39, 0.29) is 5.97 Å². The summed E-state index contributed by atoms with van der Waals surface area (Å²) in [7, 11) is 0. The zero-order valence-corrected chi connectivity index (χ0v) is 21.1. The van der Waals surface area contributed by atoms with Crippen molar-refractivity contribution < 1.29 is 14.3 Å². The molecular weight excluding hydrogens is 458 g/mol. The standard InChI is InChI=1S/C28H31N3O3S/c1-3-30(4-2)23-11-7-20(8-12-23)18-21-9-10-22(26(21)31-13-15-33-16-14-31)19-24-28(32)34-27(29-24)25-6-5-17-35-25/h5-8,11-12,17-19H,3-4,9-10,13-16H2,1-2H3. The van der Waals surface area contributed by atoms with Gasteiger partial charge in [0, 0.05) is 37.6 Å². The van der Waals surface area contributed by atoms with Crippen molar-refractivity contribution in [3.63, 3.8) is 0 Å². The van der Waals surface area contributed by atoms with Crippen LogP contribution in [0.1, 0.15) is 37.1 Å². The van der Waals surface area contributed by atoms with Crippen molar-refractivity contribution in [2.45, 2.75) is 26.7 Å². The Kier molecular flexibility index (Phi) is 7.16. The van der Waals surface area contributed by atoms with Gasteiger partial charge in [-0.25, -0.2) is 9.79 Å². The highest BCUT2D eigenvalue weighted by Crippen LogP contribution is 2.37. The maximum atomic E-state index is 12.6. The highest BCUT2D eigenvalue weighted by atomic mass is 32.1. The van der Waals surface area contributed by atoms with E-state index in [1.54, 1.807) is 0 Å². The van der Waals surface area contributed by atoms with Crippen LogP contribution in [0.4, 0.5) is 5.69 Å². The first-order valence-corrected chi connectivity index (χ1v) is 13.2. The number of morpholine rings is 1. The maximum absolute atomic E-state index is 12.6. The van der Waals surface area contributed by atoms with Gasteiger partial charge in [0.05, 0.1) is 18.1 Å². The van der Waals surface area contributed by atoms with Gasteiger partial charge < -0.3 is 19.3 Å². The largest absolute Gasteiger partial charge is 0.401 e. The number of ether oxygens (including phenoxy) is 2. The van der Waals surface area contributed by atoms with Gasteiger partial charge in [0.15, 0.2) is 5.70 Å². The molecule has 1 aliphatic carbocycles. The van der Waals surface area contributed by atoms with Crippen LogP contribution in [0.15, 0.2) is 75.4 Å². The van der Waals surface area contributed by atoms with Crippen molar-refractivity contribution in [1.29, 1.82) is 0 Å². The number of cyclic esters (lactones) is 1. The number of carbonyl (C=O) groups excluding carboxylic acids is 1. The molecule has 5 rings (SSSR count). The summed E-state index contributed by atoms with van der Waals surface area (Å²) < 4.78 is 11.1. The van der Waals surface area contributed by atoms with Crippen LogP contribution >= 0.6 is 11.3 Å². The Morgan fingerprint density at radius 3 is 2.51 bits per heavy atom. The Bertz CT molecular complexity index is 1180. The average Bonchev–Trinajstić information content (AvgIpc) is 3.63. The number of hydrogen-bond acceptors (Lipinski definition) is 7. The summed E-state index contributed by atoms with van der Waals surface area (Å²) in [6, 6.07) is 12.6. The number of benzene rings is 1. The molecule has 182 valence electrons. The molecule has 0 N–H and O–H groups in total. The molecule has 1 fully saturated rings.